The summed E-state index contributed by atoms with van der Waals surface area (Å²) in [7, 11) is 0. The first-order chi connectivity index (χ1) is 10.1. The molecule has 0 saturated heterocycles. The van der Waals surface area contributed by atoms with Crippen molar-refractivity contribution in [1.82, 2.24) is 0 Å². The van der Waals surface area contributed by atoms with E-state index < -0.39 is 0 Å². The molecule has 0 spiro atoms. The lowest BCUT2D eigenvalue weighted by atomic mass is 10.2. The Hall–Kier alpha value is -2.34. The minimum Gasteiger partial charge on any atom is -0.489 e. The van der Waals surface area contributed by atoms with Gasteiger partial charge in [-0.15, -0.1) is 5.10 Å². The summed E-state index contributed by atoms with van der Waals surface area (Å²) in [6.07, 6.45) is 1.57. The highest BCUT2D eigenvalue weighted by Gasteiger charge is 2.00. The van der Waals surface area contributed by atoms with Gasteiger partial charge in [0, 0.05) is 10.0 Å². The highest BCUT2D eigenvalue weighted by molar-refractivity contribution is 9.10. The lowest BCUT2D eigenvalue weighted by Gasteiger charge is -2.07. The van der Waals surface area contributed by atoms with Crippen LogP contribution in [0.25, 0.3) is 0 Å². The summed E-state index contributed by atoms with van der Waals surface area (Å²) in [4.78, 5) is 0. The Morgan fingerprint density at radius 2 is 1.81 bits per heavy atom. The van der Waals surface area contributed by atoms with Gasteiger partial charge >= 0.3 is 0 Å². The van der Waals surface area contributed by atoms with Crippen molar-refractivity contribution in [2.45, 2.75) is 6.61 Å². The SMILES string of the molecule is NC(N)=NN=Cc1ccc(OCc2ccccc2Br)cc1. The molecule has 0 radical (unpaired) electrons. The Morgan fingerprint density at radius 3 is 2.48 bits per heavy atom. The first kappa shape index (κ1) is 15.1. The third kappa shape index (κ3) is 4.92. The third-order valence-electron chi connectivity index (χ3n) is 2.61. The highest BCUT2D eigenvalue weighted by atomic mass is 79.9. The third-order valence-corrected chi connectivity index (χ3v) is 3.39. The Kier molecular flexibility index (Phi) is 5.34. The second-order valence-electron chi connectivity index (χ2n) is 4.22. The lowest BCUT2D eigenvalue weighted by molar-refractivity contribution is 0.305. The molecule has 0 heterocycles. The van der Waals surface area contributed by atoms with Crippen molar-refractivity contribution in [1.29, 1.82) is 0 Å². The Balaban J connectivity index is 1.95. The summed E-state index contributed by atoms with van der Waals surface area (Å²) < 4.78 is 6.76. The van der Waals surface area contributed by atoms with Crippen LogP contribution in [0, 0.1) is 0 Å². The van der Waals surface area contributed by atoms with Gasteiger partial charge in [-0.3, -0.25) is 0 Å². The largest absolute Gasteiger partial charge is 0.489 e. The summed E-state index contributed by atoms with van der Waals surface area (Å²) in [6, 6.07) is 15.4. The zero-order valence-electron chi connectivity index (χ0n) is 11.2. The van der Waals surface area contributed by atoms with E-state index in [9.17, 15) is 0 Å². The standard InChI is InChI=1S/C15H15BrN4O/c16-14-4-2-1-3-12(14)10-21-13-7-5-11(6-8-13)9-19-20-15(17)18/h1-9H,10H2,(H4,17,18,20). The van der Waals surface area contributed by atoms with Crippen LogP contribution in [0.1, 0.15) is 11.1 Å². The molecule has 0 saturated carbocycles. The van der Waals surface area contributed by atoms with Gasteiger partial charge in [-0.1, -0.05) is 34.1 Å². The molecule has 0 aliphatic heterocycles. The molecule has 0 bridgehead atoms. The minimum atomic E-state index is -0.0698. The Labute approximate surface area is 131 Å². The predicted octanol–water partition coefficient (Wildman–Crippen LogP) is 2.64. The molecule has 2 aromatic carbocycles. The predicted molar refractivity (Wildman–Crippen MR) is 88.3 cm³/mol. The summed E-state index contributed by atoms with van der Waals surface area (Å²) >= 11 is 3.49. The van der Waals surface area contributed by atoms with Crippen LogP contribution in [0.15, 0.2) is 63.2 Å². The molecule has 0 aliphatic carbocycles. The van der Waals surface area contributed by atoms with Crippen LogP contribution in [-0.2, 0) is 6.61 Å². The topological polar surface area (TPSA) is 86.0 Å². The van der Waals surface area contributed by atoms with Gasteiger partial charge < -0.3 is 16.2 Å². The average Bonchev–Trinajstić information content (AvgIpc) is 2.47. The van der Waals surface area contributed by atoms with Gasteiger partial charge in [0.1, 0.15) is 12.4 Å². The van der Waals surface area contributed by atoms with Crippen LogP contribution < -0.4 is 16.2 Å². The molecule has 108 valence electrons. The fraction of sp³-hybridized carbons (Fsp3) is 0.0667. The van der Waals surface area contributed by atoms with Gasteiger partial charge in [-0.25, -0.2) is 0 Å². The molecule has 2 rings (SSSR count). The number of ether oxygens (including phenoxy) is 1. The molecule has 2 aromatic rings. The second kappa shape index (κ2) is 7.44. The van der Waals surface area contributed by atoms with Crippen LogP contribution in [0.4, 0.5) is 0 Å². The van der Waals surface area contributed by atoms with Crippen molar-refractivity contribution in [3.8, 4) is 5.75 Å². The maximum Gasteiger partial charge on any atom is 0.211 e. The molecule has 0 atom stereocenters. The molecule has 0 fully saturated rings. The summed E-state index contributed by atoms with van der Waals surface area (Å²) in [5, 5.41) is 7.28. The van der Waals surface area contributed by atoms with Gasteiger partial charge in [0.05, 0.1) is 6.21 Å². The van der Waals surface area contributed by atoms with E-state index in [2.05, 4.69) is 26.1 Å². The quantitative estimate of drug-likeness (QED) is 0.495. The van der Waals surface area contributed by atoms with Crippen LogP contribution in [0.3, 0.4) is 0 Å². The Bertz CT molecular complexity index is 649. The van der Waals surface area contributed by atoms with Gasteiger partial charge in [0.25, 0.3) is 0 Å². The van der Waals surface area contributed by atoms with Crippen molar-refractivity contribution in [2.24, 2.45) is 21.7 Å². The molecule has 4 N–H and O–H groups in total. The van der Waals surface area contributed by atoms with Crippen molar-refractivity contribution < 1.29 is 4.74 Å². The monoisotopic (exact) mass is 346 g/mol. The summed E-state index contributed by atoms with van der Waals surface area (Å²) in [6.45, 7) is 0.503. The van der Waals surface area contributed by atoms with Gasteiger partial charge in [0.2, 0.25) is 5.96 Å². The number of nitrogens with two attached hydrogens (primary N) is 2. The molecular formula is C15H15BrN4O. The van der Waals surface area contributed by atoms with Crippen LogP contribution >= 0.6 is 15.9 Å². The minimum absolute atomic E-state index is 0.0698. The maximum atomic E-state index is 5.73. The van der Waals surface area contributed by atoms with E-state index in [1.807, 2.05) is 48.5 Å². The Morgan fingerprint density at radius 1 is 1.10 bits per heavy atom. The summed E-state index contributed by atoms with van der Waals surface area (Å²) in [5.74, 6) is 0.712. The molecular weight excluding hydrogens is 332 g/mol. The van der Waals surface area contributed by atoms with Gasteiger partial charge in [-0.05, 0) is 35.9 Å². The van der Waals surface area contributed by atoms with Crippen LogP contribution in [-0.4, -0.2) is 12.2 Å². The molecule has 5 nitrogen and oxygen atoms in total. The number of benzene rings is 2. The number of hydrogen-bond acceptors (Lipinski definition) is 3. The first-order valence-corrected chi connectivity index (χ1v) is 7.02. The average molecular weight is 347 g/mol. The number of guanidine groups is 1. The highest BCUT2D eigenvalue weighted by Crippen LogP contribution is 2.19. The second-order valence-corrected chi connectivity index (χ2v) is 5.07. The fourth-order valence-electron chi connectivity index (χ4n) is 1.59. The molecule has 21 heavy (non-hydrogen) atoms. The van der Waals surface area contributed by atoms with Gasteiger partial charge in [-0.2, -0.15) is 5.10 Å². The molecule has 0 aliphatic rings. The molecule has 0 amide bonds. The number of hydrogen-bond donors (Lipinski definition) is 2. The molecule has 0 unspecified atom stereocenters. The zero-order chi connectivity index (χ0) is 15.1. The van der Waals surface area contributed by atoms with Crippen molar-refractivity contribution in [3.05, 3.63) is 64.1 Å². The van der Waals surface area contributed by atoms with Crippen molar-refractivity contribution in [2.75, 3.05) is 0 Å². The normalized spacial score (nSPS) is 10.5. The lowest BCUT2D eigenvalue weighted by Crippen LogP contribution is -2.21. The van der Waals surface area contributed by atoms with E-state index in [0.29, 0.717) is 6.61 Å². The van der Waals surface area contributed by atoms with Crippen LogP contribution in [0.2, 0.25) is 0 Å². The molecule has 6 heteroatoms. The van der Waals surface area contributed by atoms with Crippen molar-refractivity contribution in [3.63, 3.8) is 0 Å². The fourth-order valence-corrected chi connectivity index (χ4v) is 1.99. The maximum absolute atomic E-state index is 5.73. The van der Waals surface area contributed by atoms with E-state index in [-0.39, 0.29) is 5.96 Å². The van der Waals surface area contributed by atoms with E-state index >= 15 is 0 Å². The number of nitrogens with zero attached hydrogens (tertiary/aromatic N) is 2. The number of rotatable bonds is 5. The summed E-state index contributed by atoms with van der Waals surface area (Å²) in [5.41, 5.74) is 12.3. The zero-order valence-corrected chi connectivity index (χ0v) is 12.8. The van der Waals surface area contributed by atoms with E-state index in [1.165, 1.54) is 0 Å². The smallest absolute Gasteiger partial charge is 0.211 e. The van der Waals surface area contributed by atoms with Crippen LogP contribution in [0.5, 0.6) is 5.75 Å². The van der Waals surface area contributed by atoms with E-state index in [0.717, 1.165) is 21.3 Å². The number of halogens is 1. The van der Waals surface area contributed by atoms with Gasteiger partial charge in [0.15, 0.2) is 0 Å². The van der Waals surface area contributed by atoms with Crippen molar-refractivity contribution >= 4 is 28.1 Å². The van der Waals surface area contributed by atoms with E-state index in [4.69, 9.17) is 16.2 Å². The molecule has 0 aromatic heterocycles. The van der Waals surface area contributed by atoms with E-state index in [1.54, 1.807) is 6.21 Å². The first-order valence-electron chi connectivity index (χ1n) is 6.23.